The zero-order valence-electron chi connectivity index (χ0n) is 7.92. The fraction of sp³-hybridized carbons (Fsp3) is 0.100. The summed E-state index contributed by atoms with van der Waals surface area (Å²) in [6, 6.07) is 4.21. The first kappa shape index (κ1) is 10.9. The number of nitrogens with two attached hydrogens (primary N) is 1. The number of carbonyl (C=O) groups is 1. The highest BCUT2D eigenvalue weighted by atomic mass is 16.6. The lowest BCUT2D eigenvalue weighted by Crippen LogP contribution is -1.93. The number of nitro benzene ring substituents is 1. The van der Waals surface area contributed by atoms with E-state index in [0.29, 0.717) is 17.7 Å². The Kier molecular flexibility index (Phi) is 3.56. The molecule has 15 heavy (non-hydrogen) atoms. The van der Waals surface area contributed by atoms with E-state index in [9.17, 15) is 14.9 Å². The molecular formula is C10H10N2O3. The summed E-state index contributed by atoms with van der Waals surface area (Å²) in [5.41, 5.74) is 6.55. The topological polar surface area (TPSA) is 86.2 Å². The molecule has 0 saturated heterocycles. The van der Waals surface area contributed by atoms with E-state index in [4.69, 9.17) is 5.73 Å². The van der Waals surface area contributed by atoms with Gasteiger partial charge in [0.2, 0.25) is 0 Å². The van der Waals surface area contributed by atoms with Crippen LogP contribution >= 0.6 is 0 Å². The summed E-state index contributed by atoms with van der Waals surface area (Å²) in [6.07, 6.45) is 4.37. The lowest BCUT2D eigenvalue weighted by molar-refractivity contribution is -0.384. The predicted octanol–water partition coefficient (Wildman–Crippen LogP) is 1.78. The quantitative estimate of drug-likeness (QED) is 0.352. The van der Waals surface area contributed by atoms with Gasteiger partial charge in [-0.25, -0.2) is 0 Å². The molecule has 0 atom stereocenters. The molecule has 0 aliphatic heterocycles. The summed E-state index contributed by atoms with van der Waals surface area (Å²) in [5, 5.41) is 10.4. The monoisotopic (exact) mass is 206 g/mol. The van der Waals surface area contributed by atoms with Crippen LogP contribution in [0.1, 0.15) is 12.0 Å². The van der Waals surface area contributed by atoms with Crippen LogP contribution in [0.2, 0.25) is 0 Å². The minimum atomic E-state index is -0.505. The maximum Gasteiger partial charge on any atom is 0.271 e. The highest BCUT2D eigenvalue weighted by molar-refractivity contribution is 5.68. The molecule has 1 aromatic rings. The van der Waals surface area contributed by atoms with E-state index in [1.165, 1.54) is 12.1 Å². The number of anilines is 1. The van der Waals surface area contributed by atoms with E-state index in [2.05, 4.69) is 0 Å². The van der Waals surface area contributed by atoms with Crippen LogP contribution in [0.4, 0.5) is 11.4 Å². The Labute approximate surface area is 86.4 Å². The van der Waals surface area contributed by atoms with E-state index < -0.39 is 4.92 Å². The summed E-state index contributed by atoms with van der Waals surface area (Å²) in [7, 11) is 0. The summed E-state index contributed by atoms with van der Waals surface area (Å²) in [4.78, 5) is 20.0. The molecule has 0 radical (unpaired) electrons. The molecule has 0 aliphatic rings. The number of hydrogen-bond donors (Lipinski definition) is 1. The third-order valence-electron chi connectivity index (χ3n) is 1.81. The van der Waals surface area contributed by atoms with Crippen LogP contribution in [-0.4, -0.2) is 11.2 Å². The number of nitro groups is 1. The molecule has 0 spiro atoms. The highest BCUT2D eigenvalue weighted by Gasteiger charge is 2.06. The fourth-order valence-electron chi connectivity index (χ4n) is 1.08. The lowest BCUT2D eigenvalue weighted by Gasteiger charge is -1.99. The van der Waals surface area contributed by atoms with Crippen molar-refractivity contribution in [3.63, 3.8) is 0 Å². The molecule has 0 unspecified atom stereocenters. The molecule has 2 N–H and O–H groups in total. The fourth-order valence-corrected chi connectivity index (χ4v) is 1.08. The standard InChI is InChI=1S/C10H10N2O3/c11-10-7-9(12(14)15)5-4-8(10)3-1-2-6-13/h1,3-7H,2,11H2. The first-order chi connectivity index (χ1) is 7.15. The van der Waals surface area contributed by atoms with Crippen LogP contribution in [0.5, 0.6) is 0 Å². The minimum absolute atomic E-state index is 0.0416. The highest BCUT2D eigenvalue weighted by Crippen LogP contribution is 2.20. The van der Waals surface area contributed by atoms with Crippen LogP contribution in [-0.2, 0) is 4.79 Å². The van der Waals surface area contributed by atoms with Gasteiger partial charge in [-0.05, 0) is 11.6 Å². The van der Waals surface area contributed by atoms with E-state index in [1.807, 2.05) is 0 Å². The molecule has 0 amide bonds. The van der Waals surface area contributed by atoms with Gasteiger partial charge in [-0.2, -0.15) is 0 Å². The third kappa shape index (κ3) is 2.91. The maximum atomic E-state index is 10.4. The molecule has 78 valence electrons. The Bertz CT molecular complexity index is 413. The van der Waals surface area contributed by atoms with E-state index in [-0.39, 0.29) is 5.69 Å². The molecule has 5 nitrogen and oxygen atoms in total. The second-order valence-corrected chi connectivity index (χ2v) is 2.88. The first-order valence-corrected chi connectivity index (χ1v) is 4.29. The van der Waals surface area contributed by atoms with Gasteiger partial charge in [-0.1, -0.05) is 12.2 Å². The number of benzene rings is 1. The van der Waals surface area contributed by atoms with Crippen molar-refractivity contribution >= 4 is 23.7 Å². The van der Waals surface area contributed by atoms with Crippen molar-refractivity contribution in [2.45, 2.75) is 6.42 Å². The number of non-ortho nitro benzene ring substituents is 1. The van der Waals surface area contributed by atoms with E-state index in [1.54, 1.807) is 18.2 Å². The largest absolute Gasteiger partial charge is 0.398 e. The van der Waals surface area contributed by atoms with Crippen molar-refractivity contribution < 1.29 is 9.72 Å². The average Bonchev–Trinajstić information content (AvgIpc) is 2.20. The molecule has 1 aromatic carbocycles. The number of hydrogen-bond acceptors (Lipinski definition) is 4. The van der Waals surface area contributed by atoms with Crippen molar-refractivity contribution in [3.8, 4) is 0 Å². The van der Waals surface area contributed by atoms with Gasteiger partial charge in [0.15, 0.2) is 0 Å². The number of allylic oxidation sites excluding steroid dienone is 1. The molecular weight excluding hydrogens is 196 g/mol. The molecule has 0 bridgehead atoms. The van der Waals surface area contributed by atoms with Crippen LogP contribution in [0.25, 0.3) is 6.08 Å². The van der Waals surface area contributed by atoms with E-state index in [0.717, 1.165) is 6.29 Å². The van der Waals surface area contributed by atoms with Gasteiger partial charge in [0.25, 0.3) is 5.69 Å². The van der Waals surface area contributed by atoms with Crippen molar-refractivity contribution in [3.05, 3.63) is 40.0 Å². The van der Waals surface area contributed by atoms with Gasteiger partial charge >= 0.3 is 0 Å². The zero-order valence-corrected chi connectivity index (χ0v) is 7.92. The van der Waals surface area contributed by atoms with Gasteiger partial charge in [0.05, 0.1) is 4.92 Å². The number of nitrogens with zero attached hydrogens (tertiary/aromatic N) is 1. The van der Waals surface area contributed by atoms with Crippen LogP contribution < -0.4 is 5.73 Å². The first-order valence-electron chi connectivity index (χ1n) is 4.29. The summed E-state index contributed by atoms with van der Waals surface area (Å²) in [5.74, 6) is 0. The maximum absolute atomic E-state index is 10.4. The summed E-state index contributed by atoms with van der Waals surface area (Å²) < 4.78 is 0. The molecule has 0 fully saturated rings. The molecule has 0 aromatic heterocycles. The molecule has 1 rings (SSSR count). The second-order valence-electron chi connectivity index (χ2n) is 2.88. The molecule has 0 aliphatic carbocycles. The van der Waals surface area contributed by atoms with Gasteiger partial charge in [-0.3, -0.25) is 10.1 Å². The van der Waals surface area contributed by atoms with Crippen LogP contribution in [0, 0.1) is 10.1 Å². The van der Waals surface area contributed by atoms with Gasteiger partial charge in [0.1, 0.15) is 6.29 Å². The normalized spacial score (nSPS) is 10.4. The Morgan fingerprint density at radius 1 is 1.47 bits per heavy atom. The Balaban J connectivity index is 2.93. The van der Waals surface area contributed by atoms with Crippen molar-refractivity contribution in [2.75, 3.05) is 5.73 Å². The Morgan fingerprint density at radius 2 is 2.20 bits per heavy atom. The second kappa shape index (κ2) is 4.90. The number of aldehydes is 1. The summed E-state index contributed by atoms with van der Waals surface area (Å²) in [6.45, 7) is 0. The van der Waals surface area contributed by atoms with Gasteiger partial charge in [-0.15, -0.1) is 0 Å². The number of carbonyl (C=O) groups excluding carboxylic acids is 1. The Morgan fingerprint density at radius 3 is 2.73 bits per heavy atom. The van der Waals surface area contributed by atoms with Gasteiger partial charge in [0, 0.05) is 24.2 Å². The average molecular weight is 206 g/mol. The lowest BCUT2D eigenvalue weighted by atomic mass is 10.1. The molecule has 0 heterocycles. The zero-order chi connectivity index (χ0) is 11.3. The van der Waals surface area contributed by atoms with Crippen LogP contribution in [0.15, 0.2) is 24.3 Å². The van der Waals surface area contributed by atoms with Crippen molar-refractivity contribution in [2.24, 2.45) is 0 Å². The number of nitrogen functional groups attached to an aromatic ring is 1. The van der Waals surface area contributed by atoms with Gasteiger partial charge < -0.3 is 10.5 Å². The van der Waals surface area contributed by atoms with Crippen molar-refractivity contribution in [1.29, 1.82) is 0 Å². The predicted molar refractivity (Wildman–Crippen MR) is 57.2 cm³/mol. The minimum Gasteiger partial charge on any atom is -0.398 e. The summed E-state index contributed by atoms with van der Waals surface area (Å²) >= 11 is 0. The Hall–Kier alpha value is -2.17. The number of rotatable bonds is 4. The van der Waals surface area contributed by atoms with Crippen molar-refractivity contribution in [1.82, 2.24) is 0 Å². The smallest absolute Gasteiger partial charge is 0.271 e. The SMILES string of the molecule is Nc1cc([N+](=O)[O-])ccc1C=CCC=O. The van der Waals surface area contributed by atoms with Crippen LogP contribution in [0.3, 0.4) is 0 Å². The molecule has 0 saturated carbocycles. The third-order valence-corrected chi connectivity index (χ3v) is 1.81. The molecule has 5 heteroatoms. The van der Waals surface area contributed by atoms with E-state index >= 15 is 0 Å².